The normalized spacial score (nSPS) is 10.3. The standard InChI is InChI=1S/C12H9ClINOS/c1-7-2-3-9(13)10(4-7)15-12(16)8-5-11(14)17-6-8/h2-6H,1H3,(H,15,16). The number of amides is 1. The summed E-state index contributed by atoms with van der Waals surface area (Å²) in [5.41, 5.74) is 2.37. The predicted octanol–water partition coefficient (Wildman–Crippen LogP) is 4.57. The minimum absolute atomic E-state index is 0.128. The lowest BCUT2D eigenvalue weighted by molar-refractivity contribution is 0.102. The number of benzene rings is 1. The minimum Gasteiger partial charge on any atom is -0.321 e. The molecule has 1 heterocycles. The number of anilines is 1. The summed E-state index contributed by atoms with van der Waals surface area (Å²) in [5, 5.41) is 5.20. The van der Waals surface area contributed by atoms with Crippen molar-refractivity contribution in [1.29, 1.82) is 0 Å². The molecule has 5 heteroatoms. The Morgan fingerprint density at radius 2 is 2.18 bits per heavy atom. The number of aryl methyl sites for hydroxylation is 1. The highest BCUT2D eigenvalue weighted by Crippen LogP contribution is 2.24. The van der Waals surface area contributed by atoms with Crippen molar-refractivity contribution in [3.63, 3.8) is 0 Å². The van der Waals surface area contributed by atoms with E-state index in [-0.39, 0.29) is 5.91 Å². The van der Waals surface area contributed by atoms with Crippen molar-refractivity contribution in [2.45, 2.75) is 6.92 Å². The highest BCUT2D eigenvalue weighted by atomic mass is 127. The van der Waals surface area contributed by atoms with Crippen molar-refractivity contribution in [3.8, 4) is 0 Å². The molecule has 0 fully saturated rings. The highest BCUT2D eigenvalue weighted by Gasteiger charge is 2.10. The molecule has 1 N–H and O–H groups in total. The van der Waals surface area contributed by atoms with Crippen LogP contribution in [0.3, 0.4) is 0 Å². The smallest absolute Gasteiger partial charge is 0.256 e. The molecule has 0 spiro atoms. The van der Waals surface area contributed by atoms with Crippen LogP contribution in [0.1, 0.15) is 15.9 Å². The summed E-state index contributed by atoms with van der Waals surface area (Å²) >= 11 is 9.75. The van der Waals surface area contributed by atoms with E-state index in [1.54, 1.807) is 17.4 Å². The maximum atomic E-state index is 11.9. The van der Waals surface area contributed by atoms with Crippen LogP contribution in [-0.4, -0.2) is 5.91 Å². The summed E-state index contributed by atoms with van der Waals surface area (Å²) in [5.74, 6) is -0.128. The number of nitrogens with one attached hydrogen (secondary N) is 1. The van der Waals surface area contributed by atoms with E-state index < -0.39 is 0 Å². The van der Waals surface area contributed by atoms with Gasteiger partial charge in [-0.25, -0.2) is 0 Å². The molecule has 1 amide bonds. The Labute approximate surface area is 122 Å². The molecule has 0 aliphatic heterocycles. The third-order valence-electron chi connectivity index (χ3n) is 2.20. The number of thiophene rings is 1. The molecule has 17 heavy (non-hydrogen) atoms. The van der Waals surface area contributed by atoms with Crippen molar-refractivity contribution < 1.29 is 4.79 Å². The summed E-state index contributed by atoms with van der Waals surface area (Å²) in [4.78, 5) is 11.9. The monoisotopic (exact) mass is 377 g/mol. The van der Waals surface area contributed by atoms with Crippen molar-refractivity contribution in [3.05, 3.63) is 48.7 Å². The topological polar surface area (TPSA) is 29.1 Å². The largest absolute Gasteiger partial charge is 0.321 e. The average molecular weight is 378 g/mol. The first-order valence-electron chi connectivity index (χ1n) is 4.88. The maximum absolute atomic E-state index is 11.9. The van der Waals surface area contributed by atoms with Crippen LogP contribution in [0.15, 0.2) is 29.6 Å². The molecule has 2 rings (SSSR count). The Balaban J connectivity index is 2.21. The molecule has 0 radical (unpaired) electrons. The van der Waals surface area contributed by atoms with Crippen molar-refractivity contribution in [2.75, 3.05) is 5.32 Å². The molecule has 1 aromatic carbocycles. The summed E-state index contributed by atoms with van der Waals surface area (Å²) < 4.78 is 1.09. The quantitative estimate of drug-likeness (QED) is 0.763. The molecule has 0 saturated carbocycles. The fraction of sp³-hybridized carbons (Fsp3) is 0.0833. The van der Waals surface area contributed by atoms with Gasteiger partial charge in [0.2, 0.25) is 0 Å². The van der Waals surface area contributed by atoms with Crippen LogP contribution < -0.4 is 5.32 Å². The molecule has 2 nitrogen and oxygen atoms in total. The fourth-order valence-electron chi connectivity index (χ4n) is 1.36. The zero-order chi connectivity index (χ0) is 12.4. The van der Waals surface area contributed by atoms with Crippen molar-refractivity contribution in [2.24, 2.45) is 0 Å². The third-order valence-corrected chi connectivity index (χ3v) is 4.32. The van der Waals surface area contributed by atoms with Gasteiger partial charge in [0.25, 0.3) is 5.91 Å². The van der Waals surface area contributed by atoms with Gasteiger partial charge < -0.3 is 5.32 Å². The summed E-state index contributed by atoms with van der Waals surface area (Å²) in [6.07, 6.45) is 0. The molecular weight excluding hydrogens is 369 g/mol. The molecule has 0 aliphatic rings. The first kappa shape index (κ1) is 12.9. The van der Waals surface area contributed by atoms with E-state index in [1.165, 1.54) is 0 Å². The van der Waals surface area contributed by atoms with Gasteiger partial charge in [-0.3, -0.25) is 4.79 Å². The van der Waals surface area contributed by atoms with Gasteiger partial charge >= 0.3 is 0 Å². The van der Waals surface area contributed by atoms with E-state index in [1.807, 2.05) is 30.5 Å². The van der Waals surface area contributed by atoms with Crippen LogP contribution in [0.4, 0.5) is 5.69 Å². The van der Waals surface area contributed by atoms with Crippen LogP contribution >= 0.6 is 45.5 Å². The van der Waals surface area contributed by atoms with E-state index in [9.17, 15) is 4.79 Å². The first-order chi connectivity index (χ1) is 8.06. The van der Waals surface area contributed by atoms with Gasteiger partial charge in [-0.2, -0.15) is 0 Å². The number of carbonyl (C=O) groups excluding carboxylic acids is 1. The second kappa shape index (κ2) is 5.37. The van der Waals surface area contributed by atoms with Crippen molar-refractivity contribution >= 4 is 57.1 Å². The number of carbonyl (C=O) groups is 1. The number of rotatable bonds is 2. The molecule has 2 aromatic rings. The van der Waals surface area contributed by atoms with Crippen molar-refractivity contribution in [1.82, 2.24) is 0 Å². The molecular formula is C12H9ClINOS. The number of halogens is 2. The van der Waals surface area contributed by atoms with E-state index >= 15 is 0 Å². The molecule has 0 aliphatic carbocycles. The van der Waals surface area contributed by atoms with Crippen LogP contribution in [0, 0.1) is 9.81 Å². The first-order valence-corrected chi connectivity index (χ1v) is 7.21. The van der Waals surface area contributed by atoms with Gasteiger partial charge in [0.05, 0.1) is 19.2 Å². The Hall–Kier alpha value is -0.590. The summed E-state index contributed by atoms with van der Waals surface area (Å²) in [7, 11) is 0. The van der Waals surface area contributed by atoms with Gasteiger partial charge in [-0.05, 0) is 53.3 Å². The average Bonchev–Trinajstić information content (AvgIpc) is 2.70. The van der Waals surface area contributed by atoms with Gasteiger partial charge in [0.15, 0.2) is 0 Å². The zero-order valence-corrected chi connectivity index (χ0v) is 12.7. The molecule has 88 valence electrons. The lowest BCUT2D eigenvalue weighted by Crippen LogP contribution is -2.11. The van der Waals surface area contributed by atoms with E-state index in [2.05, 4.69) is 27.9 Å². The van der Waals surface area contributed by atoms with Crippen LogP contribution in [0.25, 0.3) is 0 Å². The molecule has 0 bridgehead atoms. The number of hydrogen-bond donors (Lipinski definition) is 1. The van der Waals surface area contributed by atoms with Crippen LogP contribution in [-0.2, 0) is 0 Å². The van der Waals surface area contributed by atoms with E-state index in [0.717, 1.165) is 8.45 Å². The molecule has 0 saturated heterocycles. The minimum atomic E-state index is -0.128. The third kappa shape index (κ3) is 3.20. The Morgan fingerprint density at radius 3 is 2.82 bits per heavy atom. The van der Waals surface area contributed by atoms with Gasteiger partial charge in [-0.1, -0.05) is 17.7 Å². The SMILES string of the molecule is Cc1ccc(Cl)c(NC(=O)c2csc(I)c2)c1. The van der Waals surface area contributed by atoms with E-state index in [4.69, 9.17) is 11.6 Å². The predicted molar refractivity (Wildman–Crippen MR) is 81.2 cm³/mol. The van der Waals surface area contributed by atoms with Gasteiger partial charge in [0.1, 0.15) is 0 Å². The Kier molecular flexibility index (Phi) is 4.06. The van der Waals surface area contributed by atoms with Gasteiger partial charge in [0, 0.05) is 5.38 Å². The second-order valence-corrected chi connectivity index (χ2v) is 6.79. The Morgan fingerprint density at radius 1 is 1.41 bits per heavy atom. The lowest BCUT2D eigenvalue weighted by Gasteiger charge is -2.06. The summed E-state index contributed by atoms with van der Waals surface area (Å²) in [6.45, 7) is 1.96. The molecule has 0 unspecified atom stereocenters. The van der Waals surface area contributed by atoms with Crippen LogP contribution in [0.5, 0.6) is 0 Å². The summed E-state index contributed by atoms with van der Waals surface area (Å²) in [6, 6.07) is 7.40. The second-order valence-electron chi connectivity index (χ2n) is 3.58. The zero-order valence-electron chi connectivity index (χ0n) is 8.96. The number of hydrogen-bond acceptors (Lipinski definition) is 2. The molecule has 0 atom stereocenters. The Bertz CT molecular complexity index is 567. The fourth-order valence-corrected chi connectivity index (χ4v) is 2.85. The van der Waals surface area contributed by atoms with Gasteiger partial charge in [-0.15, -0.1) is 11.3 Å². The molecule has 1 aromatic heterocycles. The maximum Gasteiger partial charge on any atom is 0.256 e. The van der Waals surface area contributed by atoms with Crippen LogP contribution in [0.2, 0.25) is 5.02 Å². The van der Waals surface area contributed by atoms with E-state index in [0.29, 0.717) is 16.3 Å². The highest BCUT2D eigenvalue weighted by molar-refractivity contribution is 14.1. The lowest BCUT2D eigenvalue weighted by atomic mass is 10.2.